The van der Waals surface area contributed by atoms with E-state index in [2.05, 4.69) is 4.98 Å². The van der Waals surface area contributed by atoms with Crippen molar-refractivity contribution in [2.75, 3.05) is 6.54 Å². The summed E-state index contributed by atoms with van der Waals surface area (Å²) in [5.41, 5.74) is 7.48. The molecule has 0 saturated heterocycles. The molecular weight excluding hydrogens is 260 g/mol. The maximum absolute atomic E-state index is 13.5. The Morgan fingerprint density at radius 3 is 2.60 bits per heavy atom. The largest absolute Gasteiger partial charge is 0.330 e. The predicted molar refractivity (Wildman–Crippen MR) is 73.7 cm³/mol. The summed E-state index contributed by atoms with van der Waals surface area (Å²) in [6.45, 7) is 0.418. The number of rotatable bonds is 3. The van der Waals surface area contributed by atoms with E-state index in [0.717, 1.165) is 0 Å². The zero-order valence-electron chi connectivity index (χ0n) is 10.7. The van der Waals surface area contributed by atoms with E-state index in [-0.39, 0.29) is 11.6 Å². The number of fused-ring (bicyclic) bond motifs is 1. The van der Waals surface area contributed by atoms with E-state index >= 15 is 0 Å². The van der Waals surface area contributed by atoms with E-state index in [1.165, 1.54) is 24.3 Å². The maximum atomic E-state index is 13.5. The molecule has 0 amide bonds. The average molecular weight is 273 g/mol. The van der Waals surface area contributed by atoms with Crippen LogP contribution in [-0.4, -0.2) is 16.1 Å². The summed E-state index contributed by atoms with van der Waals surface area (Å²) in [4.78, 5) is 4.44. The molecule has 2 aromatic carbocycles. The Morgan fingerprint density at radius 2 is 1.85 bits per heavy atom. The molecule has 2 N–H and O–H groups in total. The molecule has 3 aromatic rings. The molecule has 3 nitrogen and oxygen atoms in total. The quantitative estimate of drug-likeness (QED) is 0.797. The van der Waals surface area contributed by atoms with Gasteiger partial charge in [-0.2, -0.15) is 0 Å². The second-order valence-corrected chi connectivity index (χ2v) is 4.52. The number of halogens is 2. The highest BCUT2D eigenvalue weighted by Gasteiger charge is 2.13. The molecule has 0 aliphatic heterocycles. The number of benzene rings is 2. The minimum Gasteiger partial charge on any atom is -0.330 e. The first-order chi connectivity index (χ1) is 9.69. The Balaban J connectivity index is 2.30. The minimum absolute atomic E-state index is 0.348. The fourth-order valence-electron chi connectivity index (χ4n) is 2.30. The molecule has 1 aromatic heterocycles. The van der Waals surface area contributed by atoms with Crippen molar-refractivity contribution >= 4 is 11.0 Å². The van der Waals surface area contributed by atoms with E-state index in [4.69, 9.17) is 5.73 Å². The highest BCUT2D eigenvalue weighted by Crippen LogP contribution is 2.23. The van der Waals surface area contributed by atoms with Gasteiger partial charge in [0.05, 0.1) is 16.7 Å². The first-order valence-corrected chi connectivity index (χ1v) is 6.32. The molecule has 0 radical (unpaired) electrons. The average Bonchev–Trinajstić information content (AvgIpc) is 2.76. The van der Waals surface area contributed by atoms with E-state index in [0.29, 0.717) is 35.5 Å². The lowest BCUT2D eigenvalue weighted by atomic mass is 10.2. The highest BCUT2D eigenvalue weighted by atomic mass is 19.1. The SMILES string of the molecule is NCCc1nc2ccc(F)cc2n1-c1cccc(F)c1. The summed E-state index contributed by atoms with van der Waals surface area (Å²) < 4.78 is 28.6. The molecule has 0 bridgehead atoms. The van der Waals surface area contributed by atoms with Crippen molar-refractivity contribution in [3.8, 4) is 5.69 Å². The Hall–Kier alpha value is -2.27. The molecular formula is C15H13F2N3. The topological polar surface area (TPSA) is 43.8 Å². The van der Waals surface area contributed by atoms with Crippen LogP contribution in [0.5, 0.6) is 0 Å². The fourth-order valence-corrected chi connectivity index (χ4v) is 2.30. The van der Waals surface area contributed by atoms with Gasteiger partial charge in [-0.3, -0.25) is 4.57 Å². The smallest absolute Gasteiger partial charge is 0.125 e. The summed E-state index contributed by atoms with van der Waals surface area (Å²) in [5.74, 6) is -0.00694. The predicted octanol–water partition coefficient (Wildman–Crippen LogP) is 2.80. The van der Waals surface area contributed by atoms with Crippen LogP contribution in [0.25, 0.3) is 16.7 Å². The van der Waals surface area contributed by atoms with E-state index < -0.39 is 0 Å². The van der Waals surface area contributed by atoms with Gasteiger partial charge in [0.1, 0.15) is 17.5 Å². The molecule has 20 heavy (non-hydrogen) atoms. The lowest BCUT2D eigenvalue weighted by Crippen LogP contribution is -2.09. The van der Waals surface area contributed by atoms with Crippen LogP contribution in [0, 0.1) is 11.6 Å². The normalized spacial score (nSPS) is 11.2. The summed E-state index contributed by atoms with van der Waals surface area (Å²) in [6.07, 6.45) is 0.535. The summed E-state index contributed by atoms with van der Waals surface area (Å²) >= 11 is 0. The number of nitrogens with zero attached hydrogens (tertiary/aromatic N) is 2. The first kappa shape index (κ1) is 12.7. The van der Waals surface area contributed by atoms with Crippen LogP contribution in [0.2, 0.25) is 0 Å². The molecule has 5 heteroatoms. The van der Waals surface area contributed by atoms with E-state index in [9.17, 15) is 8.78 Å². The van der Waals surface area contributed by atoms with Crippen LogP contribution < -0.4 is 5.73 Å². The van der Waals surface area contributed by atoms with Crippen LogP contribution in [-0.2, 0) is 6.42 Å². The van der Waals surface area contributed by atoms with Gasteiger partial charge in [-0.05, 0) is 36.9 Å². The van der Waals surface area contributed by atoms with Crippen molar-refractivity contribution in [3.05, 3.63) is 59.9 Å². The Morgan fingerprint density at radius 1 is 1.05 bits per heavy atom. The molecule has 0 spiro atoms. The van der Waals surface area contributed by atoms with Crippen molar-refractivity contribution in [2.24, 2.45) is 5.73 Å². The van der Waals surface area contributed by atoms with Crippen molar-refractivity contribution in [2.45, 2.75) is 6.42 Å². The number of nitrogens with two attached hydrogens (primary N) is 1. The van der Waals surface area contributed by atoms with Crippen molar-refractivity contribution in [1.29, 1.82) is 0 Å². The number of aromatic nitrogens is 2. The maximum Gasteiger partial charge on any atom is 0.125 e. The lowest BCUT2D eigenvalue weighted by molar-refractivity contribution is 0.626. The summed E-state index contributed by atoms with van der Waals surface area (Å²) in [7, 11) is 0. The van der Waals surface area contributed by atoms with E-state index in [1.807, 2.05) is 0 Å². The molecule has 102 valence electrons. The van der Waals surface area contributed by atoms with Gasteiger partial charge in [-0.15, -0.1) is 0 Å². The molecule has 0 atom stereocenters. The fraction of sp³-hybridized carbons (Fsp3) is 0.133. The molecule has 0 saturated carbocycles. The first-order valence-electron chi connectivity index (χ1n) is 6.32. The van der Waals surface area contributed by atoms with Crippen LogP contribution in [0.4, 0.5) is 8.78 Å². The number of imidazole rings is 1. The second kappa shape index (κ2) is 5.02. The Bertz CT molecular complexity index is 765. The lowest BCUT2D eigenvalue weighted by Gasteiger charge is -2.08. The monoisotopic (exact) mass is 273 g/mol. The van der Waals surface area contributed by atoms with Gasteiger partial charge in [-0.25, -0.2) is 13.8 Å². The molecule has 0 aliphatic rings. The third-order valence-corrected chi connectivity index (χ3v) is 3.12. The molecule has 0 unspecified atom stereocenters. The van der Waals surface area contributed by atoms with Gasteiger partial charge in [0.25, 0.3) is 0 Å². The molecule has 0 fully saturated rings. The zero-order chi connectivity index (χ0) is 14.1. The van der Waals surface area contributed by atoms with Crippen LogP contribution >= 0.6 is 0 Å². The van der Waals surface area contributed by atoms with Crippen LogP contribution in [0.1, 0.15) is 5.82 Å². The van der Waals surface area contributed by atoms with Crippen LogP contribution in [0.3, 0.4) is 0 Å². The second-order valence-electron chi connectivity index (χ2n) is 4.52. The van der Waals surface area contributed by atoms with Crippen LogP contribution in [0.15, 0.2) is 42.5 Å². The minimum atomic E-state index is -0.352. The highest BCUT2D eigenvalue weighted by molar-refractivity contribution is 5.78. The van der Waals surface area contributed by atoms with Gasteiger partial charge in [0.15, 0.2) is 0 Å². The summed E-state index contributed by atoms with van der Waals surface area (Å²) in [6, 6.07) is 10.5. The van der Waals surface area contributed by atoms with Gasteiger partial charge >= 0.3 is 0 Å². The standard InChI is InChI=1S/C15H13F2N3/c16-10-2-1-3-12(8-10)20-14-9-11(17)4-5-13(14)19-15(20)6-7-18/h1-5,8-9H,6-7,18H2. The molecule has 1 heterocycles. The summed E-state index contributed by atoms with van der Waals surface area (Å²) in [5, 5.41) is 0. The van der Waals surface area contributed by atoms with Crippen molar-refractivity contribution in [1.82, 2.24) is 9.55 Å². The Labute approximate surface area is 114 Å². The third-order valence-electron chi connectivity index (χ3n) is 3.12. The molecule has 3 rings (SSSR count). The van der Waals surface area contributed by atoms with Gasteiger partial charge in [-0.1, -0.05) is 6.07 Å². The Kier molecular flexibility index (Phi) is 3.20. The molecule has 0 aliphatic carbocycles. The van der Waals surface area contributed by atoms with Gasteiger partial charge in [0, 0.05) is 12.5 Å². The van der Waals surface area contributed by atoms with E-state index in [1.54, 1.807) is 22.8 Å². The zero-order valence-corrected chi connectivity index (χ0v) is 10.7. The van der Waals surface area contributed by atoms with Gasteiger partial charge < -0.3 is 5.73 Å². The number of hydrogen-bond donors (Lipinski definition) is 1. The third kappa shape index (κ3) is 2.16. The van der Waals surface area contributed by atoms with Gasteiger partial charge in [0.2, 0.25) is 0 Å². The van der Waals surface area contributed by atoms with Crippen molar-refractivity contribution < 1.29 is 8.78 Å². The van der Waals surface area contributed by atoms with Crippen molar-refractivity contribution in [3.63, 3.8) is 0 Å². The number of hydrogen-bond acceptors (Lipinski definition) is 2.